The molecule has 0 aliphatic carbocycles. The molecule has 5 rings (SSSR count). The molecule has 1 N–H and O–H groups in total. The highest BCUT2D eigenvalue weighted by Gasteiger charge is 2.41. The molecule has 1 aliphatic rings. The molecule has 3 aromatic heterocycles. The van der Waals surface area contributed by atoms with Crippen LogP contribution in [0.4, 0.5) is 0 Å². The van der Waals surface area contributed by atoms with Crippen molar-refractivity contribution in [1.29, 1.82) is 0 Å². The summed E-state index contributed by atoms with van der Waals surface area (Å²) >= 11 is 7.48. The predicted octanol–water partition coefficient (Wildman–Crippen LogP) is 4.02. The van der Waals surface area contributed by atoms with Crippen LogP contribution in [0.3, 0.4) is 0 Å². The highest BCUT2D eigenvalue weighted by molar-refractivity contribution is 7.80. The predicted molar refractivity (Wildman–Crippen MR) is 130 cm³/mol. The summed E-state index contributed by atoms with van der Waals surface area (Å²) in [5.74, 6) is 0. The zero-order valence-electron chi connectivity index (χ0n) is 17.5. The van der Waals surface area contributed by atoms with E-state index in [1.165, 1.54) is 4.70 Å². The van der Waals surface area contributed by atoms with Crippen LogP contribution in [-0.2, 0) is 0 Å². The van der Waals surface area contributed by atoms with Crippen molar-refractivity contribution >= 4 is 38.9 Å². The van der Waals surface area contributed by atoms with Crippen LogP contribution >= 0.6 is 23.6 Å². The van der Waals surface area contributed by atoms with Gasteiger partial charge < -0.3 is 15.1 Å². The number of thiocarbonyl (C=S) groups is 1. The van der Waals surface area contributed by atoms with Crippen LogP contribution in [0, 0.1) is 0 Å². The maximum atomic E-state index is 5.78. The van der Waals surface area contributed by atoms with Gasteiger partial charge in [0.2, 0.25) is 0 Å². The Hall–Kier alpha value is -2.81. The maximum absolute atomic E-state index is 5.78. The molecule has 2 atom stereocenters. The maximum Gasteiger partial charge on any atom is 0.194 e. The van der Waals surface area contributed by atoms with Crippen molar-refractivity contribution in [2.75, 3.05) is 27.2 Å². The lowest BCUT2D eigenvalue weighted by atomic mass is 10.0. The van der Waals surface area contributed by atoms with Gasteiger partial charge in [-0.25, -0.2) is 4.98 Å². The number of fused-ring (bicyclic) bond motifs is 1. The molecule has 0 spiro atoms. The van der Waals surface area contributed by atoms with E-state index >= 15 is 0 Å². The lowest BCUT2D eigenvalue weighted by molar-refractivity contribution is 0.272. The number of nitrogens with zero attached hydrogens (tertiary/aromatic N) is 5. The molecule has 6 nitrogen and oxygen atoms in total. The molecule has 0 saturated carbocycles. The molecular weight excluding hydrogens is 424 g/mol. The standard InChI is InChI=1S/C23H24N6S2/c1-27(2)14-15-29-21(20(26-22(29)30)17-9-5-6-12-24-17)18-10-7-13-28(18)23-25-16-8-3-4-11-19(16)31-23/h3-13,20-21H,14-15H2,1-2H3,(H,26,30). The lowest BCUT2D eigenvalue weighted by Crippen LogP contribution is -2.36. The summed E-state index contributed by atoms with van der Waals surface area (Å²) in [7, 11) is 4.17. The Morgan fingerprint density at radius 2 is 1.94 bits per heavy atom. The summed E-state index contributed by atoms with van der Waals surface area (Å²) in [4.78, 5) is 14.0. The molecule has 0 radical (unpaired) electrons. The van der Waals surface area contributed by atoms with Crippen LogP contribution in [0.2, 0.25) is 0 Å². The largest absolute Gasteiger partial charge is 0.352 e. The number of rotatable bonds is 6. The minimum Gasteiger partial charge on any atom is -0.352 e. The van der Waals surface area contributed by atoms with Crippen molar-refractivity contribution in [3.05, 3.63) is 78.4 Å². The summed E-state index contributed by atoms with van der Waals surface area (Å²) < 4.78 is 3.38. The minimum atomic E-state index is -0.0288. The summed E-state index contributed by atoms with van der Waals surface area (Å²) in [6.07, 6.45) is 3.93. The number of aromatic nitrogens is 3. The summed E-state index contributed by atoms with van der Waals surface area (Å²) in [6, 6.07) is 18.5. The molecule has 1 fully saturated rings. The molecular formula is C23H24N6S2. The number of hydrogen-bond acceptors (Lipinski definition) is 5. The van der Waals surface area contributed by atoms with E-state index < -0.39 is 0 Å². The first-order chi connectivity index (χ1) is 15.1. The lowest BCUT2D eigenvalue weighted by Gasteiger charge is -2.29. The van der Waals surface area contributed by atoms with E-state index in [0.29, 0.717) is 0 Å². The average molecular weight is 449 g/mol. The van der Waals surface area contributed by atoms with Crippen LogP contribution in [0.25, 0.3) is 15.3 Å². The minimum absolute atomic E-state index is 0.0179. The van der Waals surface area contributed by atoms with E-state index in [1.807, 2.05) is 24.4 Å². The Bertz CT molecular complexity index is 1170. The van der Waals surface area contributed by atoms with Gasteiger partial charge in [-0.05, 0) is 62.7 Å². The Balaban J connectivity index is 1.59. The molecule has 4 aromatic rings. The van der Waals surface area contributed by atoms with Crippen LogP contribution in [0.15, 0.2) is 67.0 Å². The second-order valence-corrected chi connectivity index (χ2v) is 9.29. The number of pyridine rings is 1. The number of benzene rings is 1. The molecule has 4 heterocycles. The fourth-order valence-electron chi connectivity index (χ4n) is 4.05. The molecule has 158 valence electrons. The first kappa shape index (κ1) is 20.1. The van der Waals surface area contributed by atoms with Gasteiger partial charge in [-0.2, -0.15) is 0 Å². The van der Waals surface area contributed by atoms with Gasteiger partial charge in [0.1, 0.15) is 0 Å². The fourth-order valence-corrected chi connectivity index (χ4v) is 5.35. The van der Waals surface area contributed by atoms with Crippen LogP contribution in [0.1, 0.15) is 23.5 Å². The van der Waals surface area contributed by atoms with Gasteiger partial charge in [0.25, 0.3) is 0 Å². The van der Waals surface area contributed by atoms with Gasteiger partial charge in [0.15, 0.2) is 10.2 Å². The van der Waals surface area contributed by atoms with Crippen molar-refractivity contribution in [3.8, 4) is 5.13 Å². The summed E-state index contributed by atoms with van der Waals surface area (Å²) in [6.45, 7) is 1.74. The van der Waals surface area contributed by atoms with E-state index in [4.69, 9.17) is 17.2 Å². The number of thiazole rings is 1. The molecule has 0 bridgehead atoms. The van der Waals surface area contributed by atoms with E-state index in [9.17, 15) is 0 Å². The molecule has 0 amide bonds. The van der Waals surface area contributed by atoms with Gasteiger partial charge in [0, 0.05) is 25.5 Å². The zero-order chi connectivity index (χ0) is 21.4. The van der Waals surface area contributed by atoms with Gasteiger partial charge in [0.05, 0.1) is 33.7 Å². The average Bonchev–Trinajstić information content (AvgIpc) is 3.48. The molecule has 1 aliphatic heterocycles. The first-order valence-electron chi connectivity index (χ1n) is 10.3. The van der Waals surface area contributed by atoms with Gasteiger partial charge in [-0.3, -0.25) is 9.55 Å². The topological polar surface area (TPSA) is 49.2 Å². The quantitative estimate of drug-likeness (QED) is 0.450. The Morgan fingerprint density at radius 3 is 2.71 bits per heavy atom. The van der Waals surface area contributed by atoms with Crippen molar-refractivity contribution in [1.82, 2.24) is 29.7 Å². The highest BCUT2D eigenvalue weighted by atomic mass is 32.1. The van der Waals surface area contributed by atoms with E-state index in [1.54, 1.807) is 11.3 Å². The summed E-state index contributed by atoms with van der Waals surface area (Å²) in [5.41, 5.74) is 3.16. The van der Waals surface area contributed by atoms with Crippen molar-refractivity contribution in [3.63, 3.8) is 0 Å². The van der Waals surface area contributed by atoms with E-state index in [-0.39, 0.29) is 12.1 Å². The molecule has 31 heavy (non-hydrogen) atoms. The third-order valence-electron chi connectivity index (χ3n) is 5.56. The Morgan fingerprint density at radius 1 is 1.10 bits per heavy atom. The van der Waals surface area contributed by atoms with Crippen LogP contribution in [0.5, 0.6) is 0 Å². The molecule has 1 aromatic carbocycles. The van der Waals surface area contributed by atoms with Crippen LogP contribution in [-0.4, -0.2) is 56.6 Å². The second kappa shape index (κ2) is 8.37. The summed E-state index contributed by atoms with van der Waals surface area (Å²) in [5, 5.41) is 5.26. The monoisotopic (exact) mass is 448 g/mol. The zero-order valence-corrected chi connectivity index (χ0v) is 19.1. The highest BCUT2D eigenvalue weighted by Crippen LogP contribution is 2.40. The molecule has 2 unspecified atom stereocenters. The van der Waals surface area contributed by atoms with Gasteiger partial charge in [-0.1, -0.05) is 29.5 Å². The van der Waals surface area contributed by atoms with Gasteiger partial charge >= 0.3 is 0 Å². The number of likely N-dealkylation sites (N-methyl/N-ethyl adjacent to an activating group) is 1. The van der Waals surface area contributed by atoms with Crippen molar-refractivity contribution < 1.29 is 0 Å². The first-order valence-corrected chi connectivity index (χ1v) is 11.5. The van der Waals surface area contributed by atoms with Crippen molar-refractivity contribution in [2.45, 2.75) is 12.1 Å². The SMILES string of the molecule is CN(C)CCN1C(=S)NC(c2ccccn2)C1c1cccn1-c1nc2ccccc2s1. The third kappa shape index (κ3) is 3.82. The molecule has 1 saturated heterocycles. The fraction of sp³-hybridized carbons (Fsp3) is 0.261. The number of hydrogen-bond donors (Lipinski definition) is 1. The third-order valence-corrected chi connectivity index (χ3v) is 6.95. The van der Waals surface area contributed by atoms with Crippen molar-refractivity contribution in [2.24, 2.45) is 0 Å². The normalized spacial score (nSPS) is 18.8. The Labute approximate surface area is 191 Å². The Kier molecular flexibility index (Phi) is 5.43. The van der Waals surface area contributed by atoms with Crippen LogP contribution < -0.4 is 5.32 Å². The second-order valence-electron chi connectivity index (χ2n) is 7.89. The number of para-hydroxylation sites is 1. The molecule has 8 heteroatoms. The van der Waals surface area contributed by atoms with E-state index in [0.717, 1.165) is 40.2 Å². The van der Waals surface area contributed by atoms with E-state index in [2.05, 4.69) is 81.4 Å². The smallest absolute Gasteiger partial charge is 0.194 e. The van der Waals surface area contributed by atoms with Gasteiger partial charge in [-0.15, -0.1) is 0 Å². The number of nitrogens with one attached hydrogen (secondary N) is 1.